The van der Waals surface area contributed by atoms with Crippen molar-refractivity contribution >= 4 is 6.03 Å². The van der Waals surface area contributed by atoms with Gasteiger partial charge in [0.15, 0.2) is 0 Å². The molecule has 2 rings (SSSR count). The van der Waals surface area contributed by atoms with Gasteiger partial charge in [-0.1, -0.05) is 0 Å². The van der Waals surface area contributed by atoms with E-state index < -0.39 is 0 Å². The van der Waals surface area contributed by atoms with Crippen LogP contribution in [0.3, 0.4) is 0 Å². The minimum absolute atomic E-state index is 0.122. The molecule has 0 aromatic carbocycles. The zero-order chi connectivity index (χ0) is 13.7. The standard InChI is InChI=1S/C13H23N5O/c1-16(2)13(19)18-7-3-12(4-8-18)15-6-10-17-9-5-14-11-17/h5,9,11-12,15H,3-4,6-8,10H2,1-2H3. The van der Waals surface area contributed by atoms with E-state index in [1.54, 1.807) is 25.2 Å². The Morgan fingerprint density at radius 1 is 1.42 bits per heavy atom. The van der Waals surface area contributed by atoms with Crippen molar-refractivity contribution in [2.75, 3.05) is 33.7 Å². The third-order valence-electron chi connectivity index (χ3n) is 3.51. The van der Waals surface area contributed by atoms with E-state index in [9.17, 15) is 4.79 Å². The van der Waals surface area contributed by atoms with Crippen molar-refractivity contribution in [1.29, 1.82) is 0 Å². The van der Waals surface area contributed by atoms with E-state index in [1.165, 1.54) is 0 Å². The number of imidazole rings is 1. The molecule has 1 N–H and O–H groups in total. The highest BCUT2D eigenvalue weighted by Crippen LogP contribution is 2.11. The van der Waals surface area contributed by atoms with Crippen LogP contribution in [0.15, 0.2) is 18.7 Å². The van der Waals surface area contributed by atoms with Crippen LogP contribution in [0.1, 0.15) is 12.8 Å². The normalized spacial score (nSPS) is 16.6. The number of urea groups is 1. The number of hydrogen-bond acceptors (Lipinski definition) is 3. The molecule has 0 radical (unpaired) electrons. The minimum atomic E-state index is 0.122. The van der Waals surface area contributed by atoms with Crippen LogP contribution in [-0.4, -0.2) is 65.2 Å². The lowest BCUT2D eigenvalue weighted by Crippen LogP contribution is -2.48. The van der Waals surface area contributed by atoms with Gasteiger partial charge in [0.1, 0.15) is 0 Å². The molecule has 0 unspecified atom stereocenters. The van der Waals surface area contributed by atoms with Crippen molar-refractivity contribution in [2.24, 2.45) is 0 Å². The van der Waals surface area contributed by atoms with E-state index in [0.29, 0.717) is 6.04 Å². The summed E-state index contributed by atoms with van der Waals surface area (Å²) >= 11 is 0. The molecule has 19 heavy (non-hydrogen) atoms. The van der Waals surface area contributed by atoms with Gasteiger partial charge in [-0.15, -0.1) is 0 Å². The largest absolute Gasteiger partial charge is 0.336 e. The number of nitrogens with zero attached hydrogens (tertiary/aromatic N) is 4. The summed E-state index contributed by atoms with van der Waals surface area (Å²) in [6, 6.07) is 0.645. The summed E-state index contributed by atoms with van der Waals surface area (Å²) in [5.41, 5.74) is 0. The van der Waals surface area contributed by atoms with Gasteiger partial charge in [0.05, 0.1) is 6.33 Å². The molecule has 6 nitrogen and oxygen atoms in total. The van der Waals surface area contributed by atoms with E-state index in [1.807, 2.05) is 17.4 Å². The molecule has 0 aliphatic carbocycles. The van der Waals surface area contributed by atoms with Crippen LogP contribution in [0.25, 0.3) is 0 Å². The first-order chi connectivity index (χ1) is 9.16. The second-order valence-electron chi connectivity index (χ2n) is 5.19. The average Bonchev–Trinajstić information content (AvgIpc) is 2.92. The molecular formula is C13H23N5O. The van der Waals surface area contributed by atoms with E-state index in [4.69, 9.17) is 0 Å². The SMILES string of the molecule is CN(C)C(=O)N1CCC(NCCn2ccnc2)CC1. The molecule has 1 saturated heterocycles. The molecule has 0 saturated carbocycles. The summed E-state index contributed by atoms with van der Waals surface area (Å²) in [4.78, 5) is 19.4. The van der Waals surface area contributed by atoms with Crippen LogP contribution >= 0.6 is 0 Å². The molecule has 1 aromatic rings. The molecule has 1 fully saturated rings. The smallest absolute Gasteiger partial charge is 0.319 e. The van der Waals surface area contributed by atoms with E-state index >= 15 is 0 Å². The van der Waals surface area contributed by atoms with E-state index in [0.717, 1.165) is 39.0 Å². The summed E-state index contributed by atoms with van der Waals surface area (Å²) < 4.78 is 2.07. The van der Waals surface area contributed by atoms with Crippen molar-refractivity contribution in [3.05, 3.63) is 18.7 Å². The maximum absolute atomic E-state index is 11.8. The summed E-state index contributed by atoms with van der Waals surface area (Å²) in [5, 5.41) is 3.55. The molecule has 0 spiro atoms. The number of piperidine rings is 1. The number of nitrogens with one attached hydrogen (secondary N) is 1. The third-order valence-corrected chi connectivity index (χ3v) is 3.51. The molecule has 6 heteroatoms. The Morgan fingerprint density at radius 3 is 2.74 bits per heavy atom. The number of carbonyl (C=O) groups excluding carboxylic acids is 1. The highest BCUT2D eigenvalue weighted by Gasteiger charge is 2.23. The molecule has 0 bridgehead atoms. The van der Waals surface area contributed by atoms with Crippen molar-refractivity contribution in [1.82, 2.24) is 24.7 Å². The minimum Gasteiger partial charge on any atom is -0.336 e. The monoisotopic (exact) mass is 265 g/mol. The van der Waals surface area contributed by atoms with Gasteiger partial charge in [0.25, 0.3) is 0 Å². The fourth-order valence-electron chi connectivity index (χ4n) is 2.37. The first kappa shape index (κ1) is 13.9. The number of amides is 2. The lowest BCUT2D eigenvalue weighted by molar-refractivity contribution is 0.152. The lowest BCUT2D eigenvalue weighted by atomic mass is 10.1. The topological polar surface area (TPSA) is 53.4 Å². The summed E-state index contributed by atoms with van der Waals surface area (Å²) in [7, 11) is 3.61. The number of carbonyl (C=O) groups is 1. The van der Waals surface area contributed by atoms with Gasteiger partial charge in [-0.25, -0.2) is 9.78 Å². The van der Waals surface area contributed by atoms with Crippen LogP contribution in [0.4, 0.5) is 4.79 Å². The van der Waals surface area contributed by atoms with Crippen molar-refractivity contribution in [2.45, 2.75) is 25.4 Å². The van der Waals surface area contributed by atoms with Gasteiger partial charge in [-0.05, 0) is 12.8 Å². The first-order valence-electron chi connectivity index (χ1n) is 6.82. The van der Waals surface area contributed by atoms with Gasteiger partial charge in [0.2, 0.25) is 0 Å². The van der Waals surface area contributed by atoms with Crippen LogP contribution in [-0.2, 0) is 6.54 Å². The van der Waals surface area contributed by atoms with Gasteiger partial charge < -0.3 is 19.7 Å². The number of rotatable bonds is 4. The van der Waals surface area contributed by atoms with Gasteiger partial charge in [-0.2, -0.15) is 0 Å². The Morgan fingerprint density at radius 2 is 2.16 bits per heavy atom. The van der Waals surface area contributed by atoms with Gasteiger partial charge in [-0.3, -0.25) is 0 Å². The Labute approximate surface area is 114 Å². The molecule has 106 valence electrons. The first-order valence-corrected chi connectivity index (χ1v) is 6.82. The summed E-state index contributed by atoms with van der Waals surface area (Å²) in [6.45, 7) is 3.58. The number of likely N-dealkylation sites (tertiary alicyclic amines) is 1. The zero-order valence-electron chi connectivity index (χ0n) is 11.7. The Balaban J connectivity index is 1.65. The fourth-order valence-corrected chi connectivity index (χ4v) is 2.37. The second kappa shape index (κ2) is 6.56. The maximum atomic E-state index is 11.8. The maximum Gasteiger partial charge on any atom is 0.319 e. The highest BCUT2D eigenvalue weighted by atomic mass is 16.2. The van der Waals surface area contributed by atoms with E-state index in [2.05, 4.69) is 14.9 Å². The van der Waals surface area contributed by atoms with Crippen molar-refractivity contribution in [3.63, 3.8) is 0 Å². The predicted octanol–water partition coefficient (Wildman–Crippen LogP) is 0.619. The van der Waals surface area contributed by atoms with Crippen LogP contribution in [0.2, 0.25) is 0 Å². The molecule has 0 atom stereocenters. The zero-order valence-corrected chi connectivity index (χ0v) is 11.7. The van der Waals surface area contributed by atoms with Crippen molar-refractivity contribution < 1.29 is 4.79 Å². The third kappa shape index (κ3) is 3.96. The molecular weight excluding hydrogens is 242 g/mol. The fraction of sp³-hybridized carbons (Fsp3) is 0.692. The number of hydrogen-bond donors (Lipinski definition) is 1. The van der Waals surface area contributed by atoms with Gasteiger partial charge in [0, 0.05) is 58.7 Å². The molecule has 2 amide bonds. The molecule has 1 aromatic heterocycles. The predicted molar refractivity (Wildman–Crippen MR) is 73.9 cm³/mol. The Kier molecular flexibility index (Phi) is 4.79. The Hall–Kier alpha value is -1.56. The van der Waals surface area contributed by atoms with Crippen LogP contribution in [0.5, 0.6) is 0 Å². The second-order valence-corrected chi connectivity index (χ2v) is 5.19. The molecule has 1 aliphatic heterocycles. The quantitative estimate of drug-likeness (QED) is 0.868. The van der Waals surface area contributed by atoms with Crippen LogP contribution < -0.4 is 5.32 Å². The number of aromatic nitrogens is 2. The van der Waals surface area contributed by atoms with Gasteiger partial charge >= 0.3 is 6.03 Å². The average molecular weight is 265 g/mol. The molecule has 1 aliphatic rings. The highest BCUT2D eigenvalue weighted by molar-refractivity contribution is 5.73. The van der Waals surface area contributed by atoms with E-state index in [-0.39, 0.29) is 6.03 Å². The van der Waals surface area contributed by atoms with Crippen LogP contribution in [0, 0.1) is 0 Å². The van der Waals surface area contributed by atoms with Crippen molar-refractivity contribution in [3.8, 4) is 0 Å². The summed E-state index contributed by atoms with van der Waals surface area (Å²) in [6.07, 6.45) is 7.67. The summed E-state index contributed by atoms with van der Waals surface area (Å²) in [5.74, 6) is 0. The molecule has 2 heterocycles. The Bertz CT molecular complexity index is 382. The lowest BCUT2D eigenvalue weighted by Gasteiger charge is -2.34.